The van der Waals surface area contributed by atoms with Crippen LogP contribution in [0.2, 0.25) is 0 Å². The van der Waals surface area contributed by atoms with E-state index in [1.54, 1.807) is 0 Å². The number of morpholine rings is 1. The van der Waals surface area contributed by atoms with Crippen molar-refractivity contribution in [1.29, 1.82) is 0 Å². The average Bonchev–Trinajstić information content (AvgIpc) is 2.51. The van der Waals surface area contributed by atoms with E-state index in [0.29, 0.717) is 6.10 Å². The van der Waals surface area contributed by atoms with Gasteiger partial charge >= 0.3 is 0 Å². The monoisotopic (exact) mass is 300 g/mol. The number of nitrogens with one attached hydrogen (secondary N) is 1. The van der Waals surface area contributed by atoms with Crippen LogP contribution in [-0.4, -0.2) is 63.5 Å². The van der Waals surface area contributed by atoms with E-state index in [2.05, 4.69) is 31.0 Å². The van der Waals surface area contributed by atoms with Crippen LogP contribution in [0.5, 0.6) is 0 Å². The molecular weight excluding hydrogens is 264 g/mol. The summed E-state index contributed by atoms with van der Waals surface area (Å²) in [5, 5.41) is 3.53. The average molecular weight is 300 g/mol. The molecule has 0 aliphatic carbocycles. The normalized spacial score (nSPS) is 21.6. The van der Waals surface area contributed by atoms with Crippen molar-refractivity contribution in [2.75, 3.05) is 52.5 Å². The van der Waals surface area contributed by atoms with Crippen molar-refractivity contribution < 1.29 is 9.47 Å². The molecule has 0 saturated carbocycles. The zero-order chi connectivity index (χ0) is 15.3. The Hall–Kier alpha value is -0.160. The molecular formula is C17H36N2O2. The Labute approximate surface area is 131 Å². The lowest BCUT2D eigenvalue weighted by molar-refractivity contribution is -0.0351. The van der Waals surface area contributed by atoms with E-state index in [1.165, 1.54) is 25.7 Å². The Balaban J connectivity index is 2.03. The third kappa shape index (κ3) is 9.46. The highest BCUT2D eigenvalue weighted by Crippen LogP contribution is 2.05. The van der Waals surface area contributed by atoms with E-state index in [4.69, 9.17) is 9.47 Å². The molecule has 0 bridgehead atoms. The van der Waals surface area contributed by atoms with Gasteiger partial charge in [0.25, 0.3) is 0 Å². The number of rotatable bonds is 12. The van der Waals surface area contributed by atoms with Gasteiger partial charge in [0.1, 0.15) is 0 Å². The van der Waals surface area contributed by atoms with Crippen LogP contribution in [0.3, 0.4) is 0 Å². The summed E-state index contributed by atoms with van der Waals surface area (Å²) in [7, 11) is 0. The first-order valence-electron chi connectivity index (χ1n) is 8.88. The molecule has 1 aliphatic rings. The van der Waals surface area contributed by atoms with E-state index in [9.17, 15) is 0 Å². The van der Waals surface area contributed by atoms with Gasteiger partial charge in [-0.1, -0.05) is 40.0 Å². The highest BCUT2D eigenvalue weighted by molar-refractivity contribution is 4.73. The fraction of sp³-hybridized carbons (Fsp3) is 1.00. The standard InChI is InChI=1S/C17H36N2O2/c1-4-6-7-10-20-11-8-19-9-12-21-17(15-19)14-18-13-16(3)5-2/h16-18H,4-15H2,1-3H3. The molecule has 1 fully saturated rings. The summed E-state index contributed by atoms with van der Waals surface area (Å²) in [6.45, 7) is 14.6. The molecule has 4 nitrogen and oxygen atoms in total. The Morgan fingerprint density at radius 1 is 1.29 bits per heavy atom. The minimum absolute atomic E-state index is 0.336. The molecule has 4 heteroatoms. The van der Waals surface area contributed by atoms with Crippen molar-refractivity contribution in [2.45, 2.75) is 52.6 Å². The summed E-state index contributed by atoms with van der Waals surface area (Å²) < 4.78 is 11.5. The van der Waals surface area contributed by atoms with Crippen molar-refractivity contribution in [3.63, 3.8) is 0 Å². The minimum Gasteiger partial charge on any atom is -0.380 e. The number of nitrogens with zero attached hydrogens (tertiary/aromatic N) is 1. The summed E-state index contributed by atoms with van der Waals surface area (Å²) in [6, 6.07) is 0. The molecule has 1 aliphatic heterocycles. The smallest absolute Gasteiger partial charge is 0.0826 e. The van der Waals surface area contributed by atoms with Gasteiger partial charge in [-0.05, 0) is 18.9 Å². The highest BCUT2D eigenvalue weighted by Gasteiger charge is 2.19. The zero-order valence-electron chi connectivity index (χ0n) is 14.4. The maximum atomic E-state index is 5.84. The maximum absolute atomic E-state index is 5.84. The number of hydrogen-bond donors (Lipinski definition) is 1. The van der Waals surface area contributed by atoms with Gasteiger partial charge in [-0.15, -0.1) is 0 Å². The highest BCUT2D eigenvalue weighted by atomic mass is 16.5. The van der Waals surface area contributed by atoms with Crippen LogP contribution in [0.15, 0.2) is 0 Å². The summed E-state index contributed by atoms with van der Waals surface area (Å²) in [5.74, 6) is 0.751. The van der Waals surface area contributed by atoms with Gasteiger partial charge in [0.2, 0.25) is 0 Å². The van der Waals surface area contributed by atoms with E-state index < -0.39 is 0 Å². The van der Waals surface area contributed by atoms with Gasteiger partial charge < -0.3 is 14.8 Å². The largest absolute Gasteiger partial charge is 0.380 e. The van der Waals surface area contributed by atoms with Gasteiger partial charge in [0.05, 0.1) is 19.3 Å². The summed E-state index contributed by atoms with van der Waals surface area (Å²) in [6.07, 6.45) is 5.31. The third-order valence-corrected chi connectivity index (χ3v) is 4.23. The van der Waals surface area contributed by atoms with Crippen LogP contribution >= 0.6 is 0 Å². The van der Waals surface area contributed by atoms with Gasteiger partial charge in [0, 0.05) is 32.8 Å². The van der Waals surface area contributed by atoms with Crippen molar-refractivity contribution in [1.82, 2.24) is 10.2 Å². The minimum atomic E-state index is 0.336. The van der Waals surface area contributed by atoms with Crippen molar-refractivity contribution in [3.8, 4) is 0 Å². The first kappa shape index (κ1) is 18.9. The quantitative estimate of drug-likeness (QED) is 0.562. The first-order chi connectivity index (χ1) is 10.3. The van der Waals surface area contributed by atoms with Gasteiger partial charge in [-0.3, -0.25) is 4.90 Å². The summed E-state index contributed by atoms with van der Waals surface area (Å²) in [5.41, 5.74) is 0. The molecule has 0 radical (unpaired) electrons. The topological polar surface area (TPSA) is 33.7 Å². The second kappa shape index (κ2) is 12.4. The Bertz CT molecular complexity index is 239. The molecule has 1 heterocycles. The lowest BCUT2D eigenvalue weighted by Gasteiger charge is -2.33. The molecule has 1 N–H and O–H groups in total. The lowest BCUT2D eigenvalue weighted by Crippen LogP contribution is -2.47. The molecule has 1 saturated heterocycles. The van der Waals surface area contributed by atoms with E-state index in [-0.39, 0.29) is 0 Å². The van der Waals surface area contributed by atoms with Crippen LogP contribution in [-0.2, 0) is 9.47 Å². The van der Waals surface area contributed by atoms with Crippen molar-refractivity contribution in [2.24, 2.45) is 5.92 Å². The fourth-order valence-corrected chi connectivity index (χ4v) is 2.49. The predicted molar refractivity (Wildman–Crippen MR) is 88.8 cm³/mol. The predicted octanol–water partition coefficient (Wildman–Crippen LogP) is 2.53. The maximum Gasteiger partial charge on any atom is 0.0826 e. The van der Waals surface area contributed by atoms with Gasteiger partial charge in [-0.25, -0.2) is 0 Å². The molecule has 0 aromatic rings. The number of ether oxygens (including phenoxy) is 2. The Morgan fingerprint density at radius 3 is 2.90 bits per heavy atom. The summed E-state index contributed by atoms with van der Waals surface area (Å²) >= 11 is 0. The second-order valence-corrected chi connectivity index (χ2v) is 6.28. The second-order valence-electron chi connectivity index (χ2n) is 6.28. The van der Waals surface area contributed by atoms with Crippen molar-refractivity contribution >= 4 is 0 Å². The zero-order valence-corrected chi connectivity index (χ0v) is 14.4. The Kier molecular flexibility index (Phi) is 11.1. The molecule has 1 rings (SSSR count). The van der Waals surface area contributed by atoms with Crippen LogP contribution in [0, 0.1) is 5.92 Å². The van der Waals surface area contributed by atoms with Crippen LogP contribution in [0.25, 0.3) is 0 Å². The van der Waals surface area contributed by atoms with Crippen LogP contribution in [0.4, 0.5) is 0 Å². The van der Waals surface area contributed by atoms with Crippen molar-refractivity contribution in [3.05, 3.63) is 0 Å². The fourth-order valence-electron chi connectivity index (χ4n) is 2.49. The number of hydrogen-bond acceptors (Lipinski definition) is 4. The molecule has 0 aromatic carbocycles. The lowest BCUT2D eigenvalue weighted by atomic mass is 10.1. The van der Waals surface area contributed by atoms with Crippen LogP contribution < -0.4 is 5.32 Å². The molecule has 126 valence electrons. The SMILES string of the molecule is CCCCCOCCN1CCOC(CNCC(C)CC)C1. The van der Waals surface area contributed by atoms with Gasteiger partial charge in [-0.2, -0.15) is 0 Å². The summed E-state index contributed by atoms with van der Waals surface area (Å²) in [4.78, 5) is 2.47. The molecule has 21 heavy (non-hydrogen) atoms. The molecule has 0 spiro atoms. The van der Waals surface area contributed by atoms with E-state index in [0.717, 1.165) is 58.5 Å². The van der Waals surface area contributed by atoms with E-state index >= 15 is 0 Å². The molecule has 2 atom stereocenters. The molecule has 0 amide bonds. The Morgan fingerprint density at radius 2 is 2.14 bits per heavy atom. The third-order valence-electron chi connectivity index (χ3n) is 4.23. The van der Waals surface area contributed by atoms with E-state index in [1.807, 2.05) is 0 Å². The molecule has 2 unspecified atom stereocenters. The molecule has 0 aromatic heterocycles. The number of unbranched alkanes of at least 4 members (excludes halogenated alkanes) is 2. The first-order valence-corrected chi connectivity index (χ1v) is 8.88. The van der Waals surface area contributed by atoms with Crippen LogP contribution in [0.1, 0.15) is 46.5 Å². The van der Waals surface area contributed by atoms with Gasteiger partial charge in [0.15, 0.2) is 0 Å².